The average molecular weight is 325 g/mol. The van der Waals surface area contributed by atoms with Crippen LogP contribution in [0.25, 0.3) is 0 Å². The highest BCUT2D eigenvalue weighted by molar-refractivity contribution is 6.02. The van der Waals surface area contributed by atoms with Crippen LogP contribution in [-0.4, -0.2) is 17.9 Å². The van der Waals surface area contributed by atoms with Crippen molar-refractivity contribution in [1.29, 1.82) is 5.26 Å². The molecular formula is C20H23NO3. The molecular weight excluding hydrogens is 302 g/mol. The Morgan fingerprint density at radius 1 is 1.46 bits per heavy atom. The molecule has 1 fully saturated rings. The molecule has 0 N–H and O–H groups in total. The van der Waals surface area contributed by atoms with Crippen LogP contribution in [0.2, 0.25) is 0 Å². The van der Waals surface area contributed by atoms with Gasteiger partial charge < -0.3 is 4.74 Å². The Morgan fingerprint density at radius 2 is 2.12 bits per heavy atom. The third-order valence-corrected chi connectivity index (χ3v) is 5.04. The second-order valence-electron chi connectivity index (χ2n) is 6.91. The number of nitrogens with zero attached hydrogens (tertiary/aromatic N) is 1. The standard InChI is InChI=1S/C20H23NO3/c1-6-8-13(11-21)9-15-18(20(15,4)5)19(23)24-17-10-16(22)14(7-2)12(17)3/h6-9,15,17-18H,2,10H2,1,3-5H3/b8-6+,13-9-/t15-,17+,18+/m1/s1. The molecule has 2 aliphatic rings. The number of nitriles is 1. The fourth-order valence-corrected chi connectivity index (χ4v) is 3.39. The van der Waals surface area contributed by atoms with Gasteiger partial charge in [-0.3, -0.25) is 9.59 Å². The molecule has 0 amide bonds. The lowest BCUT2D eigenvalue weighted by atomic mass is 10.1. The van der Waals surface area contributed by atoms with Crippen molar-refractivity contribution in [1.82, 2.24) is 0 Å². The number of ketones is 1. The Kier molecular flexibility index (Phi) is 4.94. The number of carbonyl (C=O) groups excluding carboxylic acids is 2. The van der Waals surface area contributed by atoms with Gasteiger partial charge in [-0.2, -0.15) is 5.26 Å². The Morgan fingerprint density at radius 3 is 2.62 bits per heavy atom. The zero-order chi connectivity index (χ0) is 18.1. The molecule has 4 heteroatoms. The Balaban J connectivity index is 2.12. The van der Waals surface area contributed by atoms with Gasteiger partial charge >= 0.3 is 5.97 Å². The summed E-state index contributed by atoms with van der Waals surface area (Å²) in [6.07, 6.45) is 6.58. The van der Waals surface area contributed by atoms with Crippen molar-refractivity contribution < 1.29 is 14.3 Å². The Hall–Kier alpha value is -2.41. The third kappa shape index (κ3) is 3.12. The predicted molar refractivity (Wildman–Crippen MR) is 91.7 cm³/mol. The molecule has 126 valence electrons. The van der Waals surface area contributed by atoms with Gasteiger partial charge in [0.15, 0.2) is 5.78 Å². The number of rotatable bonds is 5. The minimum atomic E-state index is -0.495. The first kappa shape index (κ1) is 17.9. The van der Waals surface area contributed by atoms with E-state index in [0.717, 1.165) is 5.57 Å². The first-order valence-electron chi connectivity index (χ1n) is 8.09. The molecule has 0 unspecified atom stereocenters. The number of ether oxygens (including phenoxy) is 1. The molecule has 0 aromatic carbocycles. The van der Waals surface area contributed by atoms with Crippen LogP contribution in [0, 0.1) is 28.6 Å². The van der Waals surface area contributed by atoms with Gasteiger partial charge in [0.05, 0.1) is 18.4 Å². The van der Waals surface area contributed by atoms with Crippen molar-refractivity contribution in [3.63, 3.8) is 0 Å². The van der Waals surface area contributed by atoms with E-state index in [2.05, 4.69) is 12.6 Å². The van der Waals surface area contributed by atoms with Crippen LogP contribution in [0.5, 0.6) is 0 Å². The molecule has 0 heterocycles. The van der Waals surface area contributed by atoms with Gasteiger partial charge in [0.1, 0.15) is 6.10 Å². The van der Waals surface area contributed by atoms with Crippen molar-refractivity contribution in [2.45, 2.75) is 40.2 Å². The zero-order valence-corrected chi connectivity index (χ0v) is 14.6. The summed E-state index contributed by atoms with van der Waals surface area (Å²) < 4.78 is 5.60. The first-order chi connectivity index (χ1) is 11.3. The van der Waals surface area contributed by atoms with Crippen LogP contribution in [0.4, 0.5) is 0 Å². The van der Waals surface area contributed by atoms with Gasteiger partial charge in [-0.15, -0.1) is 0 Å². The van der Waals surface area contributed by atoms with Crippen LogP contribution in [0.15, 0.2) is 47.6 Å². The summed E-state index contributed by atoms with van der Waals surface area (Å²) in [5.74, 6) is -0.661. The molecule has 0 saturated heterocycles. The van der Waals surface area contributed by atoms with Crippen LogP contribution < -0.4 is 0 Å². The molecule has 4 nitrogen and oxygen atoms in total. The summed E-state index contributed by atoms with van der Waals surface area (Å²) in [5.41, 5.74) is 1.62. The van der Waals surface area contributed by atoms with Crippen LogP contribution >= 0.6 is 0 Å². The van der Waals surface area contributed by atoms with Crippen LogP contribution in [0.3, 0.4) is 0 Å². The summed E-state index contributed by atoms with van der Waals surface area (Å²) in [7, 11) is 0. The van der Waals surface area contributed by atoms with Crippen molar-refractivity contribution in [3.05, 3.63) is 47.6 Å². The molecule has 0 aromatic heterocycles. The number of hydrogen-bond donors (Lipinski definition) is 0. The van der Waals surface area contributed by atoms with Crippen LogP contribution in [0.1, 0.15) is 34.1 Å². The second-order valence-corrected chi connectivity index (χ2v) is 6.91. The van der Waals surface area contributed by atoms with Crippen molar-refractivity contribution >= 4 is 11.8 Å². The maximum Gasteiger partial charge on any atom is 0.310 e. The second kappa shape index (κ2) is 6.60. The summed E-state index contributed by atoms with van der Waals surface area (Å²) >= 11 is 0. The minimum absolute atomic E-state index is 0.0314. The van der Waals surface area contributed by atoms with Gasteiger partial charge in [0.2, 0.25) is 0 Å². The first-order valence-corrected chi connectivity index (χ1v) is 8.09. The highest BCUT2D eigenvalue weighted by atomic mass is 16.5. The smallest absolute Gasteiger partial charge is 0.310 e. The lowest BCUT2D eigenvalue weighted by Gasteiger charge is -2.13. The van der Waals surface area contributed by atoms with Gasteiger partial charge in [0, 0.05) is 11.1 Å². The number of Topliss-reactive ketones (excluding diaryl/α,β-unsaturated/α-hetero) is 1. The third-order valence-electron chi connectivity index (χ3n) is 5.04. The molecule has 0 spiro atoms. The van der Waals surface area contributed by atoms with Crippen LogP contribution in [-0.2, 0) is 14.3 Å². The average Bonchev–Trinajstić information content (AvgIpc) is 2.95. The van der Waals surface area contributed by atoms with E-state index in [-0.39, 0.29) is 35.4 Å². The van der Waals surface area contributed by atoms with E-state index in [9.17, 15) is 9.59 Å². The van der Waals surface area contributed by atoms with Gasteiger partial charge in [-0.1, -0.05) is 38.7 Å². The maximum atomic E-state index is 12.6. The molecule has 3 atom stereocenters. The van der Waals surface area contributed by atoms with Crippen molar-refractivity contribution in [3.8, 4) is 6.07 Å². The molecule has 0 radical (unpaired) electrons. The highest BCUT2D eigenvalue weighted by Crippen LogP contribution is 2.60. The van der Waals surface area contributed by atoms with E-state index >= 15 is 0 Å². The number of allylic oxidation sites excluding steroid dienone is 6. The Bertz CT molecular complexity index is 716. The predicted octanol–water partition coefficient (Wildman–Crippen LogP) is 3.67. The maximum absolute atomic E-state index is 12.6. The van der Waals surface area contributed by atoms with E-state index < -0.39 is 6.10 Å². The van der Waals surface area contributed by atoms with E-state index in [4.69, 9.17) is 10.00 Å². The fourth-order valence-electron chi connectivity index (χ4n) is 3.39. The van der Waals surface area contributed by atoms with Crippen molar-refractivity contribution in [2.24, 2.45) is 17.3 Å². The topological polar surface area (TPSA) is 67.2 Å². The largest absolute Gasteiger partial charge is 0.457 e. The normalized spacial score (nSPS) is 28.9. The van der Waals surface area contributed by atoms with Gasteiger partial charge in [-0.05, 0) is 36.8 Å². The van der Waals surface area contributed by atoms with Gasteiger partial charge in [0.25, 0.3) is 0 Å². The zero-order valence-electron chi connectivity index (χ0n) is 14.6. The van der Waals surface area contributed by atoms with Crippen molar-refractivity contribution in [2.75, 3.05) is 0 Å². The number of esters is 1. The highest BCUT2D eigenvalue weighted by Gasteiger charge is 2.62. The molecule has 2 aliphatic carbocycles. The van der Waals surface area contributed by atoms with E-state index in [1.807, 2.05) is 26.8 Å². The molecule has 1 saturated carbocycles. The molecule has 0 bridgehead atoms. The molecule has 2 rings (SSSR count). The summed E-state index contributed by atoms with van der Waals surface area (Å²) in [6.45, 7) is 11.3. The summed E-state index contributed by atoms with van der Waals surface area (Å²) in [4.78, 5) is 24.4. The van der Waals surface area contributed by atoms with E-state index in [0.29, 0.717) is 11.1 Å². The lowest BCUT2D eigenvalue weighted by Crippen LogP contribution is -2.20. The molecule has 0 aliphatic heterocycles. The minimum Gasteiger partial charge on any atom is -0.457 e. The lowest BCUT2D eigenvalue weighted by molar-refractivity contribution is -0.150. The monoisotopic (exact) mass is 325 g/mol. The van der Waals surface area contributed by atoms with Gasteiger partial charge in [-0.25, -0.2) is 0 Å². The number of carbonyl (C=O) groups is 2. The quantitative estimate of drug-likeness (QED) is 0.439. The number of hydrogen-bond acceptors (Lipinski definition) is 4. The fraction of sp³-hybridized carbons (Fsp3) is 0.450. The Labute approximate surface area is 143 Å². The summed E-state index contributed by atoms with van der Waals surface area (Å²) in [5, 5.41) is 9.14. The molecule has 0 aromatic rings. The SMILES string of the molecule is C=CC1=C(C)[C@@H](OC(=O)[C@@H]2[C@@H](/C=C(C#N)/C=C/C)C2(C)C)CC1=O. The molecule has 24 heavy (non-hydrogen) atoms. The van der Waals surface area contributed by atoms with E-state index in [1.165, 1.54) is 6.08 Å². The van der Waals surface area contributed by atoms with E-state index in [1.54, 1.807) is 19.1 Å². The summed E-state index contributed by atoms with van der Waals surface area (Å²) in [6, 6.07) is 2.13.